The Kier molecular flexibility index (Phi) is 4.62. The predicted molar refractivity (Wildman–Crippen MR) is 56.8 cm³/mol. The van der Waals surface area contributed by atoms with Gasteiger partial charge >= 0.3 is 0 Å². The minimum Gasteiger partial charge on any atom is -0.297 e. The molecule has 0 aliphatic carbocycles. The van der Waals surface area contributed by atoms with Gasteiger partial charge in [-0.2, -0.15) is 0 Å². The second-order valence-corrected chi connectivity index (χ2v) is 2.80. The molecule has 0 saturated heterocycles. The van der Waals surface area contributed by atoms with E-state index in [1.807, 2.05) is 45.0 Å². The molecule has 13 heavy (non-hydrogen) atoms. The Morgan fingerprint density at radius 3 is 1.62 bits per heavy atom. The number of hydrogen-bond donors (Lipinski definition) is 3. The van der Waals surface area contributed by atoms with Crippen LogP contribution in [-0.4, -0.2) is 0 Å². The van der Waals surface area contributed by atoms with Gasteiger partial charge < -0.3 is 0 Å². The lowest BCUT2D eigenvalue weighted by molar-refractivity contribution is 0.488. The van der Waals surface area contributed by atoms with Crippen LogP contribution < -0.4 is 17.2 Å². The smallest absolute Gasteiger partial charge is 0.142 e. The molecule has 0 fully saturated rings. The van der Waals surface area contributed by atoms with Gasteiger partial charge in [-0.15, -0.1) is 0 Å². The first-order chi connectivity index (χ1) is 6.00. The molecule has 0 aliphatic rings. The van der Waals surface area contributed by atoms with Gasteiger partial charge in [0.2, 0.25) is 0 Å². The molecule has 1 aromatic carbocycles. The predicted octanol–water partition coefficient (Wildman–Crippen LogP) is 1.01. The maximum atomic E-state index is 5.46. The highest BCUT2D eigenvalue weighted by atomic mass is 15.1. The van der Waals surface area contributed by atoms with Crippen LogP contribution in [0.25, 0.3) is 0 Å². The fraction of sp³-hybridized carbons (Fsp3) is 0.400. The van der Waals surface area contributed by atoms with Crippen LogP contribution in [0.4, 0.5) is 0 Å². The van der Waals surface area contributed by atoms with Crippen LogP contribution in [0.3, 0.4) is 0 Å². The third kappa shape index (κ3) is 4.03. The zero-order valence-corrected chi connectivity index (χ0v) is 8.54. The highest BCUT2D eigenvalue weighted by molar-refractivity contribution is 5.25. The zero-order valence-electron chi connectivity index (χ0n) is 8.54. The van der Waals surface area contributed by atoms with Crippen LogP contribution >= 0.6 is 0 Å². The quantitative estimate of drug-likeness (QED) is 0.566. The molecular weight excluding hydrogens is 162 g/mol. The van der Waals surface area contributed by atoms with E-state index in [4.69, 9.17) is 17.2 Å². The topological polar surface area (TPSA) is 78.1 Å². The summed E-state index contributed by atoms with van der Waals surface area (Å²) in [7, 11) is 0. The van der Waals surface area contributed by atoms with E-state index in [9.17, 15) is 0 Å². The Labute approximate surface area is 79.9 Å². The summed E-state index contributed by atoms with van der Waals surface area (Å²) >= 11 is 0. The first-order valence-corrected chi connectivity index (χ1v) is 4.44. The molecule has 0 spiro atoms. The summed E-state index contributed by atoms with van der Waals surface area (Å²) < 4.78 is 0. The molecule has 0 bridgehead atoms. The average molecular weight is 181 g/mol. The van der Waals surface area contributed by atoms with Crippen molar-refractivity contribution in [1.29, 1.82) is 0 Å². The second kappa shape index (κ2) is 4.97. The molecule has 1 aromatic rings. The molecule has 6 N–H and O–H groups in total. The molecular formula is C10H19N3. The highest BCUT2D eigenvalue weighted by Crippen LogP contribution is 2.07. The van der Waals surface area contributed by atoms with Crippen molar-refractivity contribution in [2.24, 2.45) is 17.2 Å². The fourth-order valence-electron chi connectivity index (χ4n) is 0.842. The summed E-state index contributed by atoms with van der Waals surface area (Å²) in [6.45, 7) is 6.00. The van der Waals surface area contributed by atoms with E-state index >= 15 is 0 Å². The van der Waals surface area contributed by atoms with E-state index in [2.05, 4.69) is 0 Å². The summed E-state index contributed by atoms with van der Waals surface area (Å²) in [5.41, 5.74) is 18.3. The third-order valence-corrected chi connectivity index (χ3v) is 1.55. The molecule has 0 aliphatic heterocycles. The van der Waals surface area contributed by atoms with E-state index in [0.717, 1.165) is 11.1 Å². The van der Waals surface area contributed by atoms with E-state index in [1.54, 1.807) is 0 Å². The molecule has 3 nitrogen and oxygen atoms in total. The second-order valence-electron chi connectivity index (χ2n) is 2.80. The average Bonchev–Trinajstić information content (AvgIpc) is 2.07. The zero-order chi connectivity index (χ0) is 10.5. The van der Waals surface area contributed by atoms with Crippen molar-refractivity contribution in [2.75, 3.05) is 0 Å². The van der Waals surface area contributed by atoms with Gasteiger partial charge in [-0.05, 0) is 6.92 Å². The molecule has 1 rings (SSSR count). The third-order valence-electron chi connectivity index (χ3n) is 1.55. The summed E-state index contributed by atoms with van der Waals surface area (Å²) in [6.07, 6.45) is 0. The monoisotopic (exact) mass is 181 g/mol. The van der Waals surface area contributed by atoms with Crippen molar-refractivity contribution >= 4 is 0 Å². The van der Waals surface area contributed by atoms with Gasteiger partial charge in [-0.1, -0.05) is 43.7 Å². The Balaban J connectivity index is 0.000000671. The molecule has 0 aromatic heterocycles. The number of hydrogen-bond acceptors (Lipinski definition) is 3. The Morgan fingerprint density at radius 1 is 0.923 bits per heavy atom. The first-order valence-electron chi connectivity index (χ1n) is 4.44. The van der Waals surface area contributed by atoms with Gasteiger partial charge in [0.1, 0.15) is 5.79 Å². The van der Waals surface area contributed by atoms with Crippen molar-refractivity contribution in [3.63, 3.8) is 0 Å². The minimum absolute atomic E-state index is 0.739. The van der Waals surface area contributed by atoms with E-state index in [-0.39, 0.29) is 0 Å². The van der Waals surface area contributed by atoms with Crippen LogP contribution in [0.2, 0.25) is 0 Å². The van der Waals surface area contributed by atoms with Gasteiger partial charge in [-0.25, -0.2) is 0 Å². The Morgan fingerprint density at radius 2 is 1.31 bits per heavy atom. The molecule has 0 saturated carbocycles. The fourth-order valence-corrected chi connectivity index (χ4v) is 0.842. The largest absolute Gasteiger partial charge is 0.297 e. The number of rotatable bonds is 1. The minimum atomic E-state index is -1.21. The lowest BCUT2D eigenvalue weighted by Gasteiger charge is -2.18. The number of benzene rings is 1. The van der Waals surface area contributed by atoms with Crippen molar-refractivity contribution in [1.82, 2.24) is 0 Å². The lowest BCUT2D eigenvalue weighted by atomic mass is 10.1. The van der Waals surface area contributed by atoms with E-state index in [0.29, 0.717) is 0 Å². The van der Waals surface area contributed by atoms with Gasteiger partial charge in [0, 0.05) is 5.56 Å². The van der Waals surface area contributed by atoms with E-state index in [1.165, 1.54) is 0 Å². The Hall–Kier alpha value is -0.900. The molecule has 0 radical (unpaired) electrons. The van der Waals surface area contributed by atoms with Crippen molar-refractivity contribution in [3.8, 4) is 0 Å². The molecule has 3 heteroatoms. The number of aryl methyl sites for hydroxylation is 1. The van der Waals surface area contributed by atoms with E-state index < -0.39 is 5.79 Å². The molecule has 0 unspecified atom stereocenters. The van der Waals surface area contributed by atoms with Crippen LogP contribution in [-0.2, 0) is 5.79 Å². The normalized spacial score (nSPS) is 10.3. The summed E-state index contributed by atoms with van der Waals surface area (Å²) in [5.74, 6) is -1.21. The van der Waals surface area contributed by atoms with Crippen molar-refractivity contribution < 1.29 is 0 Å². The van der Waals surface area contributed by atoms with Gasteiger partial charge in [0.05, 0.1) is 0 Å². The Bertz CT molecular complexity index is 233. The summed E-state index contributed by atoms with van der Waals surface area (Å²) in [6, 6.07) is 7.51. The summed E-state index contributed by atoms with van der Waals surface area (Å²) in [5, 5.41) is 0. The van der Waals surface area contributed by atoms with Crippen LogP contribution in [0.5, 0.6) is 0 Å². The lowest BCUT2D eigenvalue weighted by Crippen LogP contribution is -2.54. The molecule has 0 amide bonds. The highest BCUT2D eigenvalue weighted by Gasteiger charge is 2.13. The van der Waals surface area contributed by atoms with Gasteiger partial charge in [-0.3, -0.25) is 17.2 Å². The molecule has 0 heterocycles. The SMILES string of the molecule is CC.Cc1ccc(C(N)(N)N)cc1. The first kappa shape index (κ1) is 12.1. The van der Waals surface area contributed by atoms with Gasteiger partial charge in [0.15, 0.2) is 0 Å². The number of nitrogens with two attached hydrogens (primary N) is 3. The van der Waals surface area contributed by atoms with Crippen molar-refractivity contribution in [2.45, 2.75) is 26.6 Å². The maximum absolute atomic E-state index is 5.46. The molecule has 74 valence electrons. The maximum Gasteiger partial charge on any atom is 0.142 e. The summed E-state index contributed by atoms with van der Waals surface area (Å²) in [4.78, 5) is 0. The van der Waals surface area contributed by atoms with Crippen LogP contribution in [0.1, 0.15) is 25.0 Å². The standard InChI is InChI=1S/C8H13N3.C2H6/c1-6-2-4-7(5-3-6)8(9,10)11;1-2/h2-5H,9-11H2,1H3;1-2H3. The van der Waals surface area contributed by atoms with Gasteiger partial charge in [0.25, 0.3) is 0 Å². The van der Waals surface area contributed by atoms with Crippen LogP contribution in [0.15, 0.2) is 24.3 Å². The van der Waals surface area contributed by atoms with Crippen LogP contribution in [0, 0.1) is 6.92 Å². The van der Waals surface area contributed by atoms with Crippen molar-refractivity contribution in [3.05, 3.63) is 35.4 Å². The molecule has 0 atom stereocenters.